The monoisotopic (exact) mass is 389 g/mol. The van der Waals surface area contributed by atoms with Gasteiger partial charge in [-0.1, -0.05) is 25.0 Å². The Morgan fingerprint density at radius 2 is 1.79 bits per heavy atom. The number of hydrogen-bond donors (Lipinski definition) is 1. The first-order chi connectivity index (χ1) is 13.5. The molecule has 1 unspecified atom stereocenters. The van der Waals surface area contributed by atoms with Crippen LogP contribution in [0.15, 0.2) is 24.3 Å². The highest BCUT2D eigenvalue weighted by atomic mass is 16.5. The van der Waals surface area contributed by atoms with Crippen LogP contribution in [0.4, 0.5) is 0 Å². The molecule has 1 fully saturated rings. The number of amides is 2. The Morgan fingerprint density at radius 1 is 1.14 bits per heavy atom. The number of rotatable bonds is 9. The number of nitrogens with one attached hydrogen (secondary N) is 1. The summed E-state index contributed by atoms with van der Waals surface area (Å²) in [6.07, 6.45) is 5.39. The second kappa shape index (κ2) is 11.7. The third-order valence-corrected chi connectivity index (χ3v) is 5.39. The van der Waals surface area contributed by atoms with Crippen LogP contribution >= 0.6 is 0 Å². The number of benzene rings is 1. The largest absolute Gasteiger partial charge is 0.497 e. The predicted molar refractivity (Wildman–Crippen MR) is 111 cm³/mol. The van der Waals surface area contributed by atoms with Gasteiger partial charge in [0.2, 0.25) is 11.8 Å². The van der Waals surface area contributed by atoms with Gasteiger partial charge < -0.3 is 19.9 Å². The molecule has 2 rings (SSSR count). The van der Waals surface area contributed by atoms with Crippen molar-refractivity contribution in [3.05, 3.63) is 29.8 Å². The van der Waals surface area contributed by atoms with E-state index in [0.717, 1.165) is 37.5 Å². The molecule has 1 saturated heterocycles. The number of carbonyl (C=O) groups is 2. The molecular formula is C22H35N3O3. The van der Waals surface area contributed by atoms with Crippen molar-refractivity contribution in [2.24, 2.45) is 0 Å². The third kappa shape index (κ3) is 7.15. The van der Waals surface area contributed by atoms with Crippen molar-refractivity contribution in [2.45, 2.75) is 52.0 Å². The van der Waals surface area contributed by atoms with Crippen LogP contribution in [0.2, 0.25) is 0 Å². The molecule has 156 valence electrons. The van der Waals surface area contributed by atoms with Gasteiger partial charge in [-0.2, -0.15) is 0 Å². The van der Waals surface area contributed by atoms with Crippen LogP contribution in [0, 0.1) is 0 Å². The van der Waals surface area contributed by atoms with Gasteiger partial charge in [-0.05, 0) is 50.6 Å². The van der Waals surface area contributed by atoms with Crippen molar-refractivity contribution in [3.8, 4) is 5.75 Å². The van der Waals surface area contributed by atoms with Crippen molar-refractivity contribution in [1.82, 2.24) is 15.1 Å². The summed E-state index contributed by atoms with van der Waals surface area (Å²) in [7, 11) is 1.62. The fraction of sp³-hybridized carbons (Fsp3) is 0.636. The van der Waals surface area contributed by atoms with Gasteiger partial charge in [-0.15, -0.1) is 0 Å². The molecule has 0 aromatic heterocycles. The third-order valence-electron chi connectivity index (χ3n) is 5.39. The van der Waals surface area contributed by atoms with Gasteiger partial charge in [-0.3, -0.25) is 9.59 Å². The Kier molecular flexibility index (Phi) is 9.28. The minimum atomic E-state index is -0.330. The van der Waals surface area contributed by atoms with Crippen LogP contribution in [-0.2, 0) is 9.59 Å². The predicted octanol–water partition coefficient (Wildman–Crippen LogP) is 2.99. The van der Waals surface area contributed by atoms with Crippen LogP contribution in [0.3, 0.4) is 0 Å². The first-order valence-electron chi connectivity index (χ1n) is 10.4. The van der Waals surface area contributed by atoms with Crippen molar-refractivity contribution >= 4 is 11.8 Å². The van der Waals surface area contributed by atoms with Crippen LogP contribution in [0.25, 0.3) is 0 Å². The molecule has 1 N–H and O–H groups in total. The molecule has 6 nitrogen and oxygen atoms in total. The lowest BCUT2D eigenvalue weighted by Crippen LogP contribution is -2.40. The Hall–Kier alpha value is -2.08. The smallest absolute Gasteiger partial charge is 0.225 e. The molecule has 6 heteroatoms. The molecule has 0 bridgehead atoms. The summed E-state index contributed by atoms with van der Waals surface area (Å²) in [4.78, 5) is 29.0. The first-order valence-corrected chi connectivity index (χ1v) is 10.4. The molecule has 1 aliphatic rings. The topological polar surface area (TPSA) is 61.9 Å². The average molecular weight is 390 g/mol. The molecule has 0 spiro atoms. The Labute approximate surface area is 169 Å². The number of hydrogen-bond acceptors (Lipinski definition) is 4. The van der Waals surface area contributed by atoms with Crippen LogP contribution in [-0.4, -0.2) is 61.4 Å². The van der Waals surface area contributed by atoms with E-state index in [-0.39, 0.29) is 24.3 Å². The number of nitrogens with zero attached hydrogens (tertiary/aromatic N) is 2. The van der Waals surface area contributed by atoms with Crippen molar-refractivity contribution in [2.75, 3.05) is 39.8 Å². The summed E-state index contributed by atoms with van der Waals surface area (Å²) in [5, 5.41) is 2.92. The lowest BCUT2D eigenvalue weighted by atomic mass is 10.0. The van der Waals surface area contributed by atoms with Crippen LogP contribution in [0.5, 0.6) is 5.75 Å². The highest BCUT2D eigenvalue weighted by Gasteiger charge is 2.21. The van der Waals surface area contributed by atoms with Crippen molar-refractivity contribution in [1.29, 1.82) is 0 Å². The summed E-state index contributed by atoms with van der Waals surface area (Å²) in [5.74, 6) is 0.692. The number of carbonyl (C=O) groups excluding carboxylic acids is 2. The SMILES string of the molecule is CCN(CCN1CCCCCC1)C(=O)CC(NC(C)=O)c1ccc(OC)cc1. The number of likely N-dealkylation sites (tertiary alicyclic amines) is 1. The standard InChI is InChI=1S/C22H35N3O3/c1-4-25(16-15-24-13-7-5-6-8-14-24)22(27)17-21(23-18(2)26)19-9-11-20(28-3)12-10-19/h9-12,21H,4-8,13-17H2,1-3H3,(H,23,26). The maximum Gasteiger partial charge on any atom is 0.225 e. The molecule has 1 aliphatic heterocycles. The minimum Gasteiger partial charge on any atom is -0.497 e. The highest BCUT2D eigenvalue weighted by Crippen LogP contribution is 2.21. The Balaban J connectivity index is 1.97. The maximum atomic E-state index is 12.9. The zero-order valence-corrected chi connectivity index (χ0v) is 17.6. The quantitative estimate of drug-likeness (QED) is 0.705. The molecule has 0 saturated carbocycles. The molecular weight excluding hydrogens is 354 g/mol. The van der Waals surface area contributed by atoms with Gasteiger partial charge in [0.15, 0.2) is 0 Å². The van der Waals surface area contributed by atoms with E-state index < -0.39 is 0 Å². The van der Waals surface area contributed by atoms with Gasteiger partial charge in [0, 0.05) is 26.6 Å². The van der Waals surface area contributed by atoms with E-state index in [1.165, 1.54) is 32.6 Å². The summed E-state index contributed by atoms with van der Waals surface area (Å²) in [5.41, 5.74) is 0.910. The van der Waals surface area contributed by atoms with Crippen molar-refractivity contribution in [3.63, 3.8) is 0 Å². The number of ether oxygens (including phenoxy) is 1. The second-order valence-electron chi connectivity index (χ2n) is 7.46. The fourth-order valence-electron chi connectivity index (χ4n) is 3.72. The molecule has 1 atom stereocenters. The molecule has 0 radical (unpaired) electrons. The van der Waals surface area contributed by atoms with Gasteiger partial charge in [-0.25, -0.2) is 0 Å². The fourth-order valence-corrected chi connectivity index (χ4v) is 3.72. The van der Waals surface area contributed by atoms with Gasteiger partial charge in [0.05, 0.1) is 19.6 Å². The summed E-state index contributed by atoms with van der Waals surface area (Å²) < 4.78 is 5.20. The maximum absolute atomic E-state index is 12.9. The molecule has 1 aromatic rings. The zero-order valence-electron chi connectivity index (χ0n) is 17.6. The normalized spacial score (nSPS) is 16.1. The molecule has 28 heavy (non-hydrogen) atoms. The van der Waals surface area contributed by atoms with Crippen LogP contribution in [0.1, 0.15) is 57.6 Å². The van der Waals surface area contributed by atoms with E-state index in [9.17, 15) is 9.59 Å². The van der Waals surface area contributed by atoms with Crippen LogP contribution < -0.4 is 10.1 Å². The molecule has 1 aromatic carbocycles. The van der Waals surface area contributed by atoms with Crippen molar-refractivity contribution < 1.29 is 14.3 Å². The van der Waals surface area contributed by atoms with Gasteiger partial charge in [0.25, 0.3) is 0 Å². The van der Waals surface area contributed by atoms with E-state index in [1.54, 1.807) is 7.11 Å². The zero-order chi connectivity index (χ0) is 20.4. The van der Waals surface area contributed by atoms with E-state index >= 15 is 0 Å². The summed E-state index contributed by atoms with van der Waals surface area (Å²) in [6, 6.07) is 7.18. The summed E-state index contributed by atoms with van der Waals surface area (Å²) >= 11 is 0. The summed E-state index contributed by atoms with van der Waals surface area (Å²) in [6.45, 7) is 8.11. The van der Waals surface area contributed by atoms with E-state index in [4.69, 9.17) is 4.74 Å². The molecule has 0 aliphatic carbocycles. The highest BCUT2D eigenvalue weighted by molar-refractivity contribution is 5.79. The Bertz CT molecular complexity index is 610. The lowest BCUT2D eigenvalue weighted by molar-refractivity contribution is -0.132. The van der Waals surface area contributed by atoms with E-state index in [0.29, 0.717) is 6.54 Å². The van der Waals surface area contributed by atoms with Gasteiger partial charge >= 0.3 is 0 Å². The minimum absolute atomic E-state index is 0.0758. The van der Waals surface area contributed by atoms with Gasteiger partial charge in [0.1, 0.15) is 5.75 Å². The van der Waals surface area contributed by atoms with E-state index in [2.05, 4.69) is 10.2 Å². The first kappa shape index (κ1) is 22.2. The molecule has 1 heterocycles. The average Bonchev–Trinajstić information content (AvgIpc) is 2.96. The molecule has 2 amide bonds. The second-order valence-corrected chi connectivity index (χ2v) is 7.46. The number of methoxy groups -OCH3 is 1. The lowest BCUT2D eigenvalue weighted by Gasteiger charge is -2.28. The Morgan fingerprint density at radius 3 is 2.32 bits per heavy atom. The number of likely N-dealkylation sites (N-methyl/N-ethyl adjacent to an activating group) is 1. The van der Waals surface area contributed by atoms with E-state index in [1.807, 2.05) is 36.1 Å².